The van der Waals surface area contributed by atoms with Crippen LogP contribution in [-0.4, -0.2) is 39.4 Å². The van der Waals surface area contributed by atoms with Crippen LogP contribution in [0.15, 0.2) is 5.34 Å². The average molecular weight is 482 g/mol. The molecule has 1 rings (SSSR count). The smallest absolute Gasteiger partial charge is 1.00 e. The molecule has 19 heavy (non-hydrogen) atoms. The van der Waals surface area contributed by atoms with Gasteiger partial charge >= 0.3 is 33.0 Å². The number of carboxylic acids is 2. The standard InChI is InChI=1S/C6H14N2.C2H2O4.ClH.HNO2.Pt/c7-5-3-1-2-4-6(5)8;3-1(4)2(5)6;;2-1-3;/h5-6H,1-4,7-8H2;(H,3,4)(H,5,6);1H;(H,2,3);/q;;;;+4/p-1. The predicted octanol–water partition coefficient (Wildman–Crippen LogP) is -3.49. The van der Waals surface area contributed by atoms with Crippen LogP contribution in [0.5, 0.6) is 0 Å². The summed E-state index contributed by atoms with van der Waals surface area (Å²) in [5, 5.41) is 22.7. The zero-order valence-corrected chi connectivity index (χ0v) is 12.9. The third kappa shape index (κ3) is 19.7. The molecule has 0 aromatic carbocycles. The second-order valence-corrected chi connectivity index (χ2v) is 3.30. The summed E-state index contributed by atoms with van der Waals surface area (Å²) in [7, 11) is 0. The number of carboxylic acid groups (broad SMARTS) is 2. The van der Waals surface area contributed by atoms with E-state index in [0.29, 0.717) is 0 Å². The topological polar surface area (TPSA) is 176 Å². The molecule has 1 aliphatic carbocycles. The van der Waals surface area contributed by atoms with Crippen LogP contribution in [0.3, 0.4) is 0 Å². The monoisotopic (exact) mass is 481 g/mol. The second kappa shape index (κ2) is 17.2. The number of nitrogens with two attached hydrogens (primary N) is 2. The van der Waals surface area contributed by atoms with E-state index in [1.807, 2.05) is 0 Å². The van der Waals surface area contributed by atoms with E-state index < -0.39 is 11.9 Å². The molecule has 0 aromatic heterocycles. The summed E-state index contributed by atoms with van der Waals surface area (Å²) in [5.74, 6) is -3.65. The van der Waals surface area contributed by atoms with Gasteiger partial charge in [0.2, 0.25) is 0 Å². The van der Waals surface area contributed by atoms with Gasteiger partial charge in [-0.25, -0.2) is 9.59 Å². The Bertz CT molecular complexity index is 237. The van der Waals surface area contributed by atoms with Gasteiger partial charge in [0.1, 0.15) is 0 Å². The van der Waals surface area contributed by atoms with E-state index in [2.05, 4.69) is 0 Å². The van der Waals surface area contributed by atoms with Crippen LogP contribution < -0.4 is 23.9 Å². The minimum atomic E-state index is -1.82. The van der Waals surface area contributed by atoms with E-state index in [1.54, 1.807) is 0 Å². The SMILES string of the molecule is NC1CCCCC1N.O=C(O)C(=O)O.O=NO.[Cl-].[Pt+4]. The fourth-order valence-electron chi connectivity index (χ4n) is 1.19. The number of hydrogen-bond acceptors (Lipinski definition) is 6. The van der Waals surface area contributed by atoms with Crippen LogP contribution in [0.2, 0.25) is 0 Å². The normalized spacial score (nSPS) is 19.7. The van der Waals surface area contributed by atoms with Gasteiger partial charge in [-0.3, -0.25) is 0 Å². The van der Waals surface area contributed by atoms with Gasteiger partial charge in [-0.05, 0) is 12.8 Å². The van der Waals surface area contributed by atoms with E-state index in [4.69, 9.17) is 41.4 Å². The number of carbonyl (C=O) groups is 2. The first-order chi connectivity index (χ1) is 7.86. The Morgan fingerprint density at radius 3 is 1.32 bits per heavy atom. The average Bonchev–Trinajstić information content (AvgIpc) is 2.24. The number of hydrogen-bond donors (Lipinski definition) is 5. The summed E-state index contributed by atoms with van der Waals surface area (Å²) in [5.41, 5.74) is 11.3. The van der Waals surface area contributed by atoms with Gasteiger partial charge in [0.25, 0.3) is 0 Å². The van der Waals surface area contributed by atoms with E-state index in [9.17, 15) is 0 Å². The fraction of sp³-hybridized carbons (Fsp3) is 0.750. The van der Waals surface area contributed by atoms with Crippen molar-refractivity contribution < 1.29 is 58.5 Å². The molecule has 1 saturated carbocycles. The predicted molar refractivity (Wildman–Crippen MR) is 57.3 cm³/mol. The zero-order chi connectivity index (χ0) is 13.8. The van der Waals surface area contributed by atoms with Crippen molar-refractivity contribution in [3.8, 4) is 0 Å². The van der Waals surface area contributed by atoms with Crippen LogP contribution in [0.4, 0.5) is 0 Å². The van der Waals surface area contributed by atoms with Gasteiger partial charge in [0, 0.05) is 12.1 Å². The Morgan fingerprint density at radius 1 is 1.00 bits per heavy atom. The van der Waals surface area contributed by atoms with Gasteiger partial charge in [-0.1, -0.05) is 12.8 Å². The first kappa shape index (κ1) is 26.7. The van der Waals surface area contributed by atoms with Crippen molar-refractivity contribution in [1.29, 1.82) is 0 Å². The van der Waals surface area contributed by atoms with E-state index in [-0.39, 0.29) is 45.6 Å². The van der Waals surface area contributed by atoms with Crippen LogP contribution in [0.1, 0.15) is 25.7 Å². The number of halogens is 1. The molecular weight excluding hydrogens is 465 g/mol. The maximum absolute atomic E-state index is 9.10. The van der Waals surface area contributed by atoms with Gasteiger partial charge in [-0.15, -0.1) is 4.91 Å². The third-order valence-electron chi connectivity index (χ3n) is 2.06. The molecule has 1 aliphatic rings. The second-order valence-electron chi connectivity index (χ2n) is 3.30. The Morgan fingerprint density at radius 2 is 1.21 bits per heavy atom. The summed E-state index contributed by atoms with van der Waals surface area (Å²) < 4.78 is 0. The van der Waals surface area contributed by atoms with Crippen molar-refractivity contribution >= 4 is 11.9 Å². The maximum Gasteiger partial charge on any atom is 4.00 e. The molecule has 0 amide bonds. The molecule has 0 aromatic rings. The summed E-state index contributed by atoms with van der Waals surface area (Å²) in [6.45, 7) is 0. The van der Waals surface area contributed by atoms with Crippen LogP contribution in [-0.2, 0) is 30.7 Å². The van der Waals surface area contributed by atoms with Gasteiger partial charge < -0.3 is 39.3 Å². The van der Waals surface area contributed by atoms with E-state index in [0.717, 1.165) is 12.8 Å². The van der Waals surface area contributed by atoms with Crippen molar-refractivity contribution in [3.63, 3.8) is 0 Å². The molecule has 0 aliphatic heterocycles. The summed E-state index contributed by atoms with van der Waals surface area (Å²) in [6.07, 6.45) is 4.80. The van der Waals surface area contributed by atoms with E-state index in [1.165, 1.54) is 18.2 Å². The molecule has 7 N–H and O–H groups in total. The first-order valence-corrected chi connectivity index (χ1v) is 4.80. The molecule has 2 atom stereocenters. The minimum Gasteiger partial charge on any atom is -1.00 e. The maximum atomic E-state index is 9.10. The molecule has 2 unspecified atom stereocenters. The molecule has 11 heteroatoms. The van der Waals surface area contributed by atoms with Gasteiger partial charge in [0.15, 0.2) is 5.34 Å². The molecule has 114 valence electrons. The van der Waals surface area contributed by atoms with Crippen molar-refractivity contribution in [3.05, 3.63) is 4.91 Å². The molecular formula is C8H17ClN3O6Pt+3. The van der Waals surface area contributed by atoms with Crippen molar-refractivity contribution in [2.75, 3.05) is 0 Å². The number of aliphatic carboxylic acids is 2. The summed E-state index contributed by atoms with van der Waals surface area (Å²) >= 11 is 0. The molecule has 1 fully saturated rings. The Balaban J connectivity index is -0.0000000928. The van der Waals surface area contributed by atoms with Gasteiger partial charge in [-0.2, -0.15) is 0 Å². The molecule has 0 bridgehead atoms. The molecule has 0 saturated heterocycles. The fourth-order valence-corrected chi connectivity index (χ4v) is 1.19. The molecule has 0 heterocycles. The molecule has 0 spiro atoms. The van der Waals surface area contributed by atoms with Crippen molar-refractivity contribution in [2.45, 2.75) is 37.8 Å². The van der Waals surface area contributed by atoms with Crippen molar-refractivity contribution in [1.82, 2.24) is 0 Å². The van der Waals surface area contributed by atoms with Crippen molar-refractivity contribution in [2.24, 2.45) is 16.8 Å². The molecule has 9 nitrogen and oxygen atoms in total. The Labute approximate surface area is 130 Å². The van der Waals surface area contributed by atoms with Crippen LogP contribution >= 0.6 is 0 Å². The summed E-state index contributed by atoms with van der Waals surface area (Å²) in [4.78, 5) is 26.3. The summed E-state index contributed by atoms with van der Waals surface area (Å²) in [6, 6.07) is 0.562. The first-order valence-electron chi connectivity index (χ1n) is 4.80. The molecule has 0 radical (unpaired) electrons. The third-order valence-corrected chi connectivity index (χ3v) is 2.06. The van der Waals surface area contributed by atoms with Crippen LogP contribution in [0, 0.1) is 4.91 Å². The van der Waals surface area contributed by atoms with Gasteiger partial charge in [0.05, 0.1) is 0 Å². The quantitative estimate of drug-likeness (QED) is 0.134. The zero-order valence-electron chi connectivity index (χ0n) is 9.85. The Hall–Kier alpha value is -0.762. The Kier molecular flexibility index (Phi) is 24.3. The van der Waals surface area contributed by atoms with E-state index >= 15 is 0 Å². The van der Waals surface area contributed by atoms with Crippen LogP contribution in [0.25, 0.3) is 0 Å². The number of rotatable bonds is 0. The number of nitrogens with zero attached hydrogens (tertiary/aromatic N) is 1. The minimum absolute atomic E-state index is 0. The largest absolute Gasteiger partial charge is 4.00 e.